The molecule has 0 bridgehead atoms. The molecule has 0 radical (unpaired) electrons. The number of quaternary nitrogens is 1. The molecule has 128 valence electrons. The molecule has 0 saturated carbocycles. The summed E-state index contributed by atoms with van der Waals surface area (Å²) in [5.41, 5.74) is 0.373. The van der Waals surface area contributed by atoms with E-state index in [-0.39, 0.29) is 0 Å². The number of hydrogen-bond donors (Lipinski definition) is 0. The topological polar surface area (TPSA) is 0 Å². The van der Waals surface area contributed by atoms with Crippen LogP contribution in [0.5, 0.6) is 0 Å². The third-order valence-electron chi connectivity index (χ3n) is 5.39. The van der Waals surface area contributed by atoms with Crippen molar-refractivity contribution in [2.45, 2.75) is 110 Å². The highest BCUT2D eigenvalue weighted by Crippen LogP contribution is 2.20. The summed E-state index contributed by atoms with van der Waals surface area (Å²) in [6, 6.07) is 0. The lowest BCUT2D eigenvalue weighted by molar-refractivity contribution is -0.935. The molecular weight excluding hydrogens is 254 g/mol. The number of hydrogen-bond acceptors (Lipinski definition) is 0. The molecule has 0 saturated heterocycles. The predicted octanol–water partition coefficient (Wildman–Crippen LogP) is 6.56. The molecule has 0 heterocycles. The number of rotatable bonds is 13. The third kappa shape index (κ3) is 11.2. The maximum atomic E-state index is 2.37. The average Bonchev–Trinajstić information content (AvgIpc) is 2.38. The van der Waals surface area contributed by atoms with E-state index in [1.807, 2.05) is 0 Å². The van der Waals surface area contributed by atoms with E-state index in [2.05, 4.69) is 41.8 Å². The van der Waals surface area contributed by atoms with Crippen molar-refractivity contribution in [3.63, 3.8) is 0 Å². The molecule has 0 aliphatic carbocycles. The van der Waals surface area contributed by atoms with E-state index in [0.29, 0.717) is 5.54 Å². The van der Waals surface area contributed by atoms with Gasteiger partial charge in [-0.25, -0.2) is 0 Å². The SMILES string of the molecule is CCCCCCCCCCCCCC[N+](C)(C)C(C)(C)C. The minimum atomic E-state index is 0.373. The Morgan fingerprint density at radius 1 is 0.571 bits per heavy atom. The summed E-state index contributed by atoms with van der Waals surface area (Å²) >= 11 is 0. The van der Waals surface area contributed by atoms with Gasteiger partial charge in [-0.1, -0.05) is 71.1 Å². The zero-order valence-corrected chi connectivity index (χ0v) is 16.1. The van der Waals surface area contributed by atoms with Crippen LogP contribution in [-0.4, -0.2) is 30.7 Å². The molecule has 21 heavy (non-hydrogen) atoms. The Kier molecular flexibility index (Phi) is 11.5. The monoisotopic (exact) mass is 298 g/mol. The summed E-state index contributed by atoms with van der Waals surface area (Å²) in [5, 5.41) is 0. The van der Waals surface area contributed by atoms with E-state index in [9.17, 15) is 0 Å². The first kappa shape index (κ1) is 21.0. The molecular formula is C20H44N+. The van der Waals surface area contributed by atoms with Crippen LogP contribution in [0.1, 0.15) is 105 Å². The average molecular weight is 299 g/mol. The van der Waals surface area contributed by atoms with Crippen LogP contribution in [0.15, 0.2) is 0 Å². The summed E-state index contributed by atoms with van der Waals surface area (Å²) in [7, 11) is 4.75. The number of nitrogens with zero attached hydrogens (tertiary/aromatic N) is 1. The van der Waals surface area contributed by atoms with Gasteiger partial charge in [0, 0.05) is 0 Å². The summed E-state index contributed by atoms with van der Waals surface area (Å²) in [6.45, 7) is 10.7. The van der Waals surface area contributed by atoms with E-state index in [1.54, 1.807) is 0 Å². The third-order valence-corrected chi connectivity index (χ3v) is 5.39. The highest BCUT2D eigenvalue weighted by molar-refractivity contribution is 4.60. The van der Waals surface area contributed by atoms with Crippen molar-refractivity contribution in [1.29, 1.82) is 0 Å². The van der Waals surface area contributed by atoms with Crippen molar-refractivity contribution in [1.82, 2.24) is 0 Å². The Hall–Kier alpha value is -0.0400. The minimum absolute atomic E-state index is 0.373. The molecule has 0 N–H and O–H groups in total. The molecule has 0 aromatic carbocycles. The van der Waals surface area contributed by atoms with Crippen LogP contribution in [0.2, 0.25) is 0 Å². The van der Waals surface area contributed by atoms with Gasteiger partial charge in [-0.15, -0.1) is 0 Å². The zero-order chi connectivity index (χ0) is 16.2. The highest BCUT2D eigenvalue weighted by atomic mass is 15.4. The Labute approximate surface area is 136 Å². The molecule has 0 atom stereocenters. The van der Waals surface area contributed by atoms with Crippen LogP contribution in [0.4, 0.5) is 0 Å². The lowest BCUT2D eigenvalue weighted by Gasteiger charge is -2.42. The Morgan fingerprint density at radius 2 is 0.905 bits per heavy atom. The molecule has 0 amide bonds. The van der Waals surface area contributed by atoms with Crippen molar-refractivity contribution >= 4 is 0 Å². The minimum Gasteiger partial charge on any atom is -0.324 e. The van der Waals surface area contributed by atoms with Gasteiger partial charge in [0.15, 0.2) is 0 Å². The Bertz CT molecular complexity index is 224. The van der Waals surface area contributed by atoms with Crippen LogP contribution in [0.3, 0.4) is 0 Å². The molecule has 0 unspecified atom stereocenters. The van der Waals surface area contributed by atoms with Gasteiger partial charge in [0.05, 0.1) is 26.2 Å². The second-order valence-corrected chi connectivity index (χ2v) is 8.47. The largest absolute Gasteiger partial charge is 0.324 e. The lowest BCUT2D eigenvalue weighted by atomic mass is 10.0. The molecule has 0 aromatic heterocycles. The molecule has 0 aliphatic heterocycles. The Balaban J connectivity index is 3.30. The Morgan fingerprint density at radius 3 is 1.24 bits per heavy atom. The van der Waals surface area contributed by atoms with Gasteiger partial charge in [0.1, 0.15) is 0 Å². The fourth-order valence-corrected chi connectivity index (χ4v) is 2.68. The van der Waals surface area contributed by atoms with Gasteiger partial charge in [0.2, 0.25) is 0 Å². The molecule has 1 nitrogen and oxygen atoms in total. The molecule has 1 heteroatoms. The van der Waals surface area contributed by atoms with Crippen molar-refractivity contribution in [3.8, 4) is 0 Å². The maximum Gasteiger partial charge on any atom is 0.0903 e. The normalized spacial score (nSPS) is 12.9. The fraction of sp³-hybridized carbons (Fsp3) is 1.00. The van der Waals surface area contributed by atoms with E-state index < -0.39 is 0 Å². The van der Waals surface area contributed by atoms with Gasteiger partial charge in [-0.05, 0) is 33.6 Å². The summed E-state index contributed by atoms with van der Waals surface area (Å²) in [6.07, 6.45) is 17.3. The smallest absolute Gasteiger partial charge is 0.0903 e. The molecule has 0 rings (SSSR count). The van der Waals surface area contributed by atoms with Gasteiger partial charge >= 0.3 is 0 Å². The predicted molar refractivity (Wildman–Crippen MR) is 97.8 cm³/mol. The van der Waals surface area contributed by atoms with E-state index in [4.69, 9.17) is 0 Å². The van der Waals surface area contributed by atoms with Gasteiger partial charge in [-0.3, -0.25) is 0 Å². The van der Waals surface area contributed by atoms with Crippen LogP contribution in [0, 0.1) is 0 Å². The van der Waals surface area contributed by atoms with Crippen molar-refractivity contribution in [2.75, 3.05) is 20.6 Å². The van der Waals surface area contributed by atoms with Crippen LogP contribution in [0.25, 0.3) is 0 Å². The quantitative estimate of drug-likeness (QED) is 0.267. The second kappa shape index (κ2) is 11.5. The van der Waals surface area contributed by atoms with Crippen molar-refractivity contribution < 1.29 is 4.48 Å². The summed E-state index contributed by atoms with van der Waals surface area (Å²) in [4.78, 5) is 0. The molecule has 0 aromatic rings. The first-order valence-electron chi connectivity index (χ1n) is 9.64. The standard InChI is InChI=1S/C20H44N/c1-7-8-9-10-11-12-13-14-15-16-17-18-19-21(5,6)20(2,3)4/h7-19H2,1-6H3/q+1. The summed E-state index contributed by atoms with van der Waals surface area (Å²) in [5.74, 6) is 0. The molecule has 0 aliphatic rings. The summed E-state index contributed by atoms with van der Waals surface area (Å²) < 4.78 is 1.14. The van der Waals surface area contributed by atoms with E-state index in [0.717, 1.165) is 4.48 Å². The van der Waals surface area contributed by atoms with E-state index >= 15 is 0 Å². The molecule has 0 fully saturated rings. The first-order valence-corrected chi connectivity index (χ1v) is 9.64. The highest BCUT2D eigenvalue weighted by Gasteiger charge is 2.30. The maximum absolute atomic E-state index is 2.37. The second-order valence-electron chi connectivity index (χ2n) is 8.47. The van der Waals surface area contributed by atoms with Crippen LogP contribution < -0.4 is 0 Å². The first-order chi connectivity index (χ1) is 9.81. The van der Waals surface area contributed by atoms with Crippen molar-refractivity contribution in [2.24, 2.45) is 0 Å². The number of unbranched alkanes of at least 4 members (excludes halogenated alkanes) is 11. The van der Waals surface area contributed by atoms with Crippen molar-refractivity contribution in [3.05, 3.63) is 0 Å². The van der Waals surface area contributed by atoms with Crippen LogP contribution >= 0.6 is 0 Å². The van der Waals surface area contributed by atoms with Gasteiger partial charge in [0.25, 0.3) is 0 Å². The zero-order valence-electron chi connectivity index (χ0n) is 16.1. The van der Waals surface area contributed by atoms with E-state index in [1.165, 1.54) is 83.6 Å². The molecule has 0 spiro atoms. The van der Waals surface area contributed by atoms with Gasteiger partial charge < -0.3 is 4.48 Å². The van der Waals surface area contributed by atoms with Gasteiger partial charge in [-0.2, -0.15) is 0 Å². The van der Waals surface area contributed by atoms with Crippen LogP contribution in [-0.2, 0) is 0 Å². The fourth-order valence-electron chi connectivity index (χ4n) is 2.68. The lowest BCUT2D eigenvalue weighted by Crippen LogP contribution is -2.54.